The second kappa shape index (κ2) is 7.29. The molecule has 0 radical (unpaired) electrons. The molecule has 5 heteroatoms. The topological polar surface area (TPSA) is 43.8 Å². The van der Waals surface area contributed by atoms with E-state index in [0.717, 1.165) is 23.4 Å². The van der Waals surface area contributed by atoms with Gasteiger partial charge in [-0.3, -0.25) is 0 Å². The summed E-state index contributed by atoms with van der Waals surface area (Å²) >= 11 is 0. The van der Waals surface area contributed by atoms with Crippen molar-refractivity contribution in [3.63, 3.8) is 0 Å². The van der Waals surface area contributed by atoms with Crippen molar-refractivity contribution in [2.75, 3.05) is 0 Å². The predicted octanol–water partition coefficient (Wildman–Crippen LogP) is 3.39. The summed E-state index contributed by atoms with van der Waals surface area (Å²) in [6.45, 7) is 1.27. The number of hydrogen-bond donors (Lipinski definition) is 1. The van der Waals surface area contributed by atoms with Crippen molar-refractivity contribution in [3.8, 4) is 0 Å². The van der Waals surface area contributed by atoms with Crippen LogP contribution in [0.4, 0.5) is 0 Å². The minimum atomic E-state index is 0. The van der Waals surface area contributed by atoms with Crippen molar-refractivity contribution in [3.05, 3.63) is 66.0 Å². The largest absolute Gasteiger partial charge is 0.324 e. The number of benzene rings is 2. The number of para-hydroxylation sites is 2. The molecule has 3 nitrogen and oxygen atoms in total. The quantitative estimate of drug-likeness (QED) is 0.806. The zero-order valence-electron chi connectivity index (χ0n) is 10.9. The van der Waals surface area contributed by atoms with E-state index in [1.807, 2.05) is 24.3 Å². The Morgan fingerprint density at radius 1 is 0.900 bits per heavy atom. The molecule has 20 heavy (non-hydrogen) atoms. The van der Waals surface area contributed by atoms with Crippen molar-refractivity contribution in [2.45, 2.75) is 13.1 Å². The highest BCUT2D eigenvalue weighted by Gasteiger charge is 2.08. The molecule has 0 fully saturated rings. The van der Waals surface area contributed by atoms with Crippen LogP contribution in [0.15, 0.2) is 54.6 Å². The van der Waals surface area contributed by atoms with E-state index in [4.69, 9.17) is 5.73 Å². The molecular formula is C15H17Cl2N3. The molecule has 1 heterocycles. The third-order valence-corrected chi connectivity index (χ3v) is 3.10. The predicted molar refractivity (Wildman–Crippen MR) is 87.7 cm³/mol. The summed E-state index contributed by atoms with van der Waals surface area (Å²) in [6, 6.07) is 18.5. The molecule has 0 saturated heterocycles. The van der Waals surface area contributed by atoms with E-state index >= 15 is 0 Å². The molecular weight excluding hydrogens is 293 g/mol. The first-order valence-electron chi connectivity index (χ1n) is 6.06. The van der Waals surface area contributed by atoms with E-state index in [1.165, 1.54) is 5.56 Å². The van der Waals surface area contributed by atoms with Crippen LogP contribution in [0.2, 0.25) is 0 Å². The van der Waals surface area contributed by atoms with Gasteiger partial charge in [-0.2, -0.15) is 0 Å². The standard InChI is InChI=1S/C15H15N3.2ClH/c16-10-15-17-13-8-4-5-9-14(13)18(15)11-12-6-2-1-3-7-12;;/h1-9H,10-11,16H2;2*1H. The number of aromatic nitrogens is 2. The summed E-state index contributed by atoms with van der Waals surface area (Å²) in [7, 11) is 0. The zero-order chi connectivity index (χ0) is 12.4. The van der Waals surface area contributed by atoms with Gasteiger partial charge in [-0.15, -0.1) is 24.8 Å². The molecule has 0 aliphatic rings. The molecule has 0 bridgehead atoms. The van der Waals surface area contributed by atoms with Crippen LogP contribution in [0, 0.1) is 0 Å². The molecule has 0 atom stereocenters. The Labute approximate surface area is 130 Å². The summed E-state index contributed by atoms with van der Waals surface area (Å²) in [5.41, 5.74) is 9.19. The van der Waals surface area contributed by atoms with Gasteiger partial charge >= 0.3 is 0 Å². The van der Waals surface area contributed by atoms with Crippen molar-refractivity contribution >= 4 is 35.8 Å². The summed E-state index contributed by atoms with van der Waals surface area (Å²) in [5, 5.41) is 0. The lowest BCUT2D eigenvalue weighted by Gasteiger charge is -2.08. The Kier molecular flexibility index (Phi) is 6.02. The van der Waals surface area contributed by atoms with Crippen molar-refractivity contribution in [2.24, 2.45) is 5.73 Å². The first-order valence-corrected chi connectivity index (χ1v) is 6.06. The SMILES string of the molecule is Cl.Cl.NCc1nc2ccccc2n1Cc1ccccc1. The Hall–Kier alpha value is -1.55. The Bertz CT molecular complexity index is 665. The van der Waals surface area contributed by atoms with E-state index in [2.05, 4.69) is 39.9 Å². The van der Waals surface area contributed by atoms with Gasteiger partial charge < -0.3 is 10.3 Å². The second-order valence-corrected chi connectivity index (χ2v) is 4.29. The fraction of sp³-hybridized carbons (Fsp3) is 0.133. The molecule has 0 unspecified atom stereocenters. The smallest absolute Gasteiger partial charge is 0.123 e. The van der Waals surface area contributed by atoms with Gasteiger partial charge in [0.2, 0.25) is 0 Å². The maximum atomic E-state index is 5.78. The number of hydrogen-bond acceptors (Lipinski definition) is 2. The van der Waals surface area contributed by atoms with Crippen LogP contribution in [-0.2, 0) is 13.1 Å². The Morgan fingerprint density at radius 2 is 1.55 bits per heavy atom. The van der Waals surface area contributed by atoms with Crippen LogP contribution >= 0.6 is 24.8 Å². The van der Waals surface area contributed by atoms with Gasteiger partial charge in [-0.05, 0) is 17.7 Å². The lowest BCUT2D eigenvalue weighted by molar-refractivity contribution is 0.744. The lowest BCUT2D eigenvalue weighted by atomic mass is 10.2. The van der Waals surface area contributed by atoms with Crippen LogP contribution in [0.5, 0.6) is 0 Å². The van der Waals surface area contributed by atoms with E-state index in [-0.39, 0.29) is 24.8 Å². The maximum absolute atomic E-state index is 5.78. The van der Waals surface area contributed by atoms with Gasteiger partial charge in [0.05, 0.1) is 17.6 Å². The number of nitrogens with zero attached hydrogens (tertiary/aromatic N) is 2. The summed E-state index contributed by atoms with van der Waals surface area (Å²) in [6.07, 6.45) is 0. The zero-order valence-corrected chi connectivity index (χ0v) is 12.5. The molecule has 3 aromatic rings. The van der Waals surface area contributed by atoms with Crippen LogP contribution in [-0.4, -0.2) is 9.55 Å². The molecule has 0 saturated carbocycles. The van der Waals surface area contributed by atoms with Crippen molar-refractivity contribution in [1.29, 1.82) is 0 Å². The minimum Gasteiger partial charge on any atom is -0.324 e. The van der Waals surface area contributed by atoms with Crippen LogP contribution < -0.4 is 5.73 Å². The number of imidazole rings is 1. The van der Waals surface area contributed by atoms with Gasteiger partial charge in [0.1, 0.15) is 5.82 Å². The first-order chi connectivity index (χ1) is 8.88. The Morgan fingerprint density at radius 3 is 2.25 bits per heavy atom. The van der Waals surface area contributed by atoms with Gasteiger partial charge in [-0.25, -0.2) is 4.98 Å². The van der Waals surface area contributed by atoms with E-state index in [9.17, 15) is 0 Å². The molecule has 0 aliphatic carbocycles. The number of fused-ring (bicyclic) bond motifs is 1. The fourth-order valence-corrected chi connectivity index (χ4v) is 2.22. The van der Waals surface area contributed by atoms with Crippen LogP contribution in [0.3, 0.4) is 0 Å². The van der Waals surface area contributed by atoms with Gasteiger partial charge in [0, 0.05) is 6.54 Å². The number of nitrogens with two attached hydrogens (primary N) is 1. The van der Waals surface area contributed by atoms with Crippen molar-refractivity contribution < 1.29 is 0 Å². The van der Waals surface area contributed by atoms with E-state index in [0.29, 0.717) is 6.54 Å². The van der Waals surface area contributed by atoms with Crippen LogP contribution in [0.1, 0.15) is 11.4 Å². The highest BCUT2D eigenvalue weighted by Crippen LogP contribution is 2.17. The molecule has 106 valence electrons. The third kappa shape index (κ3) is 3.12. The van der Waals surface area contributed by atoms with Crippen molar-refractivity contribution in [1.82, 2.24) is 9.55 Å². The molecule has 2 aromatic carbocycles. The van der Waals surface area contributed by atoms with Crippen LogP contribution in [0.25, 0.3) is 11.0 Å². The average molecular weight is 310 g/mol. The third-order valence-electron chi connectivity index (χ3n) is 3.10. The molecule has 0 spiro atoms. The number of halogens is 2. The van der Waals surface area contributed by atoms with E-state index < -0.39 is 0 Å². The number of rotatable bonds is 3. The molecule has 3 rings (SSSR count). The second-order valence-electron chi connectivity index (χ2n) is 4.29. The van der Waals surface area contributed by atoms with Gasteiger partial charge in [-0.1, -0.05) is 42.5 Å². The molecule has 2 N–H and O–H groups in total. The highest BCUT2D eigenvalue weighted by atomic mass is 35.5. The summed E-state index contributed by atoms with van der Waals surface area (Å²) in [4.78, 5) is 4.57. The summed E-state index contributed by atoms with van der Waals surface area (Å²) in [5.74, 6) is 0.931. The molecule has 0 amide bonds. The maximum Gasteiger partial charge on any atom is 0.123 e. The van der Waals surface area contributed by atoms with Gasteiger partial charge in [0.25, 0.3) is 0 Å². The monoisotopic (exact) mass is 309 g/mol. The first kappa shape index (κ1) is 16.5. The average Bonchev–Trinajstić information content (AvgIpc) is 2.78. The normalized spacial score (nSPS) is 9.85. The minimum absolute atomic E-state index is 0. The Balaban J connectivity index is 0.000001000. The lowest BCUT2D eigenvalue weighted by Crippen LogP contribution is -2.09. The summed E-state index contributed by atoms with van der Waals surface area (Å²) < 4.78 is 2.19. The molecule has 1 aromatic heterocycles. The fourth-order valence-electron chi connectivity index (χ4n) is 2.22. The van der Waals surface area contributed by atoms with E-state index in [1.54, 1.807) is 0 Å². The van der Waals surface area contributed by atoms with Gasteiger partial charge in [0.15, 0.2) is 0 Å². The highest BCUT2D eigenvalue weighted by molar-refractivity contribution is 5.85. The molecule has 0 aliphatic heterocycles.